The summed E-state index contributed by atoms with van der Waals surface area (Å²) >= 11 is 0. The van der Waals surface area contributed by atoms with E-state index in [1.54, 1.807) is 0 Å². The number of hydrogen-bond acceptors (Lipinski definition) is 3. The molecule has 0 saturated heterocycles. The van der Waals surface area contributed by atoms with Crippen molar-refractivity contribution in [3.05, 3.63) is 29.8 Å². The maximum absolute atomic E-state index is 12.2. The first kappa shape index (κ1) is 16.0. The van der Waals surface area contributed by atoms with Gasteiger partial charge in [0.2, 0.25) is 5.91 Å². The van der Waals surface area contributed by atoms with E-state index in [1.165, 1.54) is 19.3 Å². The Morgan fingerprint density at radius 3 is 2.43 bits per heavy atom. The molecule has 0 heterocycles. The maximum Gasteiger partial charge on any atom is 0.224 e. The largest absolute Gasteiger partial charge is 0.396 e. The lowest BCUT2D eigenvalue weighted by molar-refractivity contribution is -0.118. The quantitative estimate of drug-likeness (QED) is 0.753. The van der Waals surface area contributed by atoms with Crippen molar-refractivity contribution in [2.45, 2.75) is 44.9 Å². The molecule has 0 aliphatic heterocycles. The van der Waals surface area contributed by atoms with Crippen molar-refractivity contribution in [2.24, 2.45) is 11.1 Å². The molecule has 1 saturated carbocycles. The molecule has 4 heteroatoms. The highest BCUT2D eigenvalue weighted by molar-refractivity contribution is 5.91. The van der Waals surface area contributed by atoms with Crippen LogP contribution in [0.1, 0.15) is 44.1 Å². The van der Waals surface area contributed by atoms with Crippen LogP contribution in [0.3, 0.4) is 0 Å². The molecule has 0 radical (unpaired) electrons. The van der Waals surface area contributed by atoms with Gasteiger partial charge in [0.15, 0.2) is 0 Å². The van der Waals surface area contributed by atoms with E-state index in [1.807, 2.05) is 24.3 Å². The molecule has 1 fully saturated rings. The van der Waals surface area contributed by atoms with Crippen LogP contribution in [0, 0.1) is 5.41 Å². The van der Waals surface area contributed by atoms with Gasteiger partial charge in [-0.2, -0.15) is 0 Å². The molecule has 0 bridgehead atoms. The molecular formula is C17H26N2O2. The second-order valence-electron chi connectivity index (χ2n) is 6.16. The Morgan fingerprint density at radius 2 is 1.86 bits per heavy atom. The number of nitrogens with two attached hydrogens (primary N) is 1. The molecule has 2 rings (SSSR count). The molecule has 116 valence electrons. The van der Waals surface area contributed by atoms with Crippen molar-refractivity contribution in [3.8, 4) is 0 Å². The maximum atomic E-state index is 12.2. The standard InChI is InChI=1S/C17H26N2O2/c18-13-17(9-2-1-3-10-17)12-16(21)19-15-6-4-14(5-7-15)8-11-20/h4-7,20H,1-3,8-13,18H2,(H,19,21). The van der Waals surface area contributed by atoms with E-state index in [0.717, 1.165) is 24.1 Å². The van der Waals surface area contributed by atoms with Crippen LogP contribution in [0.2, 0.25) is 0 Å². The monoisotopic (exact) mass is 290 g/mol. The number of carbonyl (C=O) groups is 1. The van der Waals surface area contributed by atoms with Crippen molar-refractivity contribution in [2.75, 3.05) is 18.5 Å². The summed E-state index contributed by atoms with van der Waals surface area (Å²) in [6, 6.07) is 7.65. The average Bonchev–Trinajstić information content (AvgIpc) is 2.50. The molecule has 0 aromatic heterocycles. The Bertz CT molecular complexity index is 450. The summed E-state index contributed by atoms with van der Waals surface area (Å²) in [7, 11) is 0. The van der Waals surface area contributed by atoms with Gasteiger partial charge in [-0.3, -0.25) is 4.79 Å². The molecule has 0 atom stereocenters. The van der Waals surface area contributed by atoms with Crippen molar-refractivity contribution < 1.29 is 9.90 Å². The molecule has 0 spiro atoms. The lowest BCUT2D eigenvalue weighted by atomic mass is 9.71. The van der Waals surface area contributed by atoms with Crippen molar-refractivity contribution in [3.63, 3.8) is 0 Å². The molecular weight excluding hydrogens is 264 g/mol. The van der Waals surface area contributed by atoms with E-state index in [-0.39, 0.29) is 17.9 Å². The Hall–Kier alpha value is -1.39. The summed E-state index contributed by atoms with van der Waals surface area (Å²) in [6.45, 7) is 0.737. The topological polar surface area (TPSA) is 75.4 Å². The fraction of sp³-hybridized carbons (Fsp3) is 0.588. The Kier molecular flexibility index (Phi) is 5.76. The molecule has 4 N–H and O–H groups in total. The van der Waals surface area contributed by atoms with Gasteiger partial charge in [0.1, 0.15) is 0 Å². The Morgan fingerprint density at radius 1 is 1.19 bits per heavy atom. The lowest BCUT2D eigenvalue weighted by Crippen LogP contribution is -2.36. The van der Waals surface area contributed by atoms with Gasteiger partial charge in [-0.15, -0.1) is 0 Å². The van der Waals surface area contributed by atoms with Crippen molar-refractivity contribution in [1.29, 1.82) is 0 Å². The molecule has 1 aromatic rings. The van der Waals surface area contributed by atoms with Gasteiger partial charge in [0.05, 0.1) is 0 Å². The van der Waals surface area contributed by atoms with Crippen LogP contribution < -0.4 is 11.1 Å². The first-order valence-corrected chi connectivity index (χ1v) is 7.87. The summed E-state index contributed by atoms with van der Waals surface area (Å²) in [6.07, 6.45) is 6.90. The van der Waals surface area contributed by atoms with E-state index >= 15 is 0 Å². The molecule has 1 amide bonds. The van der Waals surface area contributed by atoms with Crippen LogP contribution in [-0.2, 0) is 11.2 Å². The van der Waals surface area contributed by atoms with E-state index in [9.17, 15) is 4.79 Å². The van der Waals surface area contributed by atoms with Crippen LogP contribution >= 0.6 is 0 Å². The lowest BCUT2D eigenvalue weighted by Gasteiger charge is -2.35. The zero-order chi connectivity index (χ0) is 15.1. The van der Waals surface area contributed by atoms with E-state index in [2.05, 4.69) is 5.32 Å². The first-order chi connectivity index (χ1) is 10.2. The first-order valence-electron chi connectivity index (χ1n) is 7.87. The van der Waals surface area contributed by atoms with Crippen LogP contribution in [0.25, 0.3) is 0 Å². The van der Waals surface area contributed by atoms with Crippen LogP contribution in [0.5, 0.6) is 0 Å². The number of carbonyl (C=O) groups excluding carboxylic acids is 1. The predicted molar refractivity (Wildman–Crippen MR) is 85.1 cm³/mol. The highest BCUT2D eigenvalue weighted by Gasteiger charge is 2.32. The predicted octanol–water partition coefficient (Wildman–Crippen LogP) is 2.46. The second-order valence-corrected chi connectivity index (χ2v) is 6.16. The van der Waals surface area contributed by atoms with Crippen LogP contribution in [0.15, 0.2) is 24.3 Å². The zero-order valence-corrected chi connectivity index (χ0v) is 12.6. The highest BCUT2D eigenvalue weighted by Crippen LogP contribution is 2.38. The van der Waals surface area contributed by atoms with Gasteiger partial charge in [0, 0.05) is 18.7 Å². The third-order valence-electron chi connectivity index (χ3n) is 4.52. The molecule has 1 aliphatic carbocycles. The van der Waals surface area contributed by atoms with Gasteiger partial charge in [-0.25, -0.2) is 0 Å². The molecule has 4 nitrogen and oxygen atoms in total. The summed E-state index contributed by atoms with van der Waals surface area (Å²) in [5, 5.41) is 11.9. The number of anilines is 1. The number of amides is 1. The number of benzene rings is 1. The second kappa shape index (κ2) is 7.57. The Balaban J connectivity index is 1.91. The molecule has 1 aromatic carbocycles. The molecule has 1 aliphatic rings. The van der Waals surface area contributed by atoms with Gasteiger partial charge in [-0.1, -0.05) is 31.4 Å². The fourth-order valence-corrected chi connectivity index (χ4v) is 3.18. The number of hydrogen-bond donors (Lipinski definition) is 3. The van der Waals surface area contributed by atoms with Crippen LogP contribution in [-0.4, -0.2) is 24.2 Å². The third kappa shape index (κ3) is 4.55. The normalized spacial score (nSPS) is 17.4. The summed E-state index contributed by atoms with van der Waals surface area (Å²) in [5.41, 5.74) is 7.81. The summed E-state index contributed by atoms with van der Waals surface area (Å²) in [4.78, 5) is 12.2. The van der Waals surface area contributed by atoms with Crippen LogP contribution in [0.4, 0.5) is 5.69 Å². The smallest absolute Gasteiger partial charge is 0.224 e. The van der Waals surface area contributed by atoms with Gasteiger partial charge in [0.25, 0.3) is 0 Å². The van der Waals surface area contributed by atoms with Crippen molar-refractivity contribution >= 4 is 11.6 Å². The number of nitrogens with one attached hydrogen (secondary N) is 1. The minimum atomic E-state index is -0.000831. The summed E-state index contributed by atoms with van der Waals surface area (Å²) in [5.74, 6) is 0.0530. The highest BCUT2D eigenvalue weighted by atomic mass is 16.2. The minimum Gasteiger partial charge on any atom is -0.396 e. The number of aliphatic hydroxyl groups is 1. The van der Waals surface area contributed by atoms with E-state index < -0.39 is 0 Å². The van der Waals surface area contributed by atoms with Crippen molar-refractivity contribution in [1.82, 2.24) is 0 Å². The third-order valence-corrected chi connectivity index (χ3v) is 4.52. The van der Waals surface area contributed by atoms with E-state index in [4.69, 9.17) is 10.8 Å². The molecule has 0 unspecified atom stereocenters. The minimum absolute atomic E-state index is 0.000831. The fourth-order valence-electron chi connectivity index (χ4n) is 3.18. The number of aliphatic hydroxyl groups excluding tert-OH is 1. The summed E-state index contributed by atoms with van der Waals surface area (Å²) < 4.78 is 0. The van der Waals surface area contributed by atoms with Gasteiger partial charge in [-0.05, 0) is 48.9 Å². The van der Waals surface area contributed by atoms with Gasteiger partial charge < -0.3 is 16.2 Å². The van der Waals surface area contributed by atoms with Gasteiger partial charge >= 0.3 is 0 Å². The van der Waals surface area contributed by atoms with E-state index in [0.29, 0.717) is 19.4 Å². The molecule has 21 heavy (non-hydrogen) atoms. The zero-order valence-electron chi connectivity index (χ0n) is 12.6. The Labute approximate surface area is 126 Å². The average molecular weight is 290 g/mol. The SMILES string of the molecule is NCC1(CC(=O)Nc2ccc(CCO)cc2)CCCCC1. The number of rotatable bonds is 6.